The van der Waals surface area contributed by atoms with Gasteiger partial charge in [0.05, 0.1) is 0 Å². The normalized spacial score (nSPS) is 17.1. The molecule has 0 spiro atoms. The first-order valence-electron chi connectivity index (χ1n) is 4.49. The van der Waals surface area contributed by atoms with E-state index in [1.54, 1.807) is 0 Å². The molecule has 1 saturated carbocycles. The lowest BCUT2D eigenvalue weighted by atomic mass is 10.0. The number of benzene rings is 1. The molecule has 15 heavy (non-hydrogen) atoms. The van der Waals surface area contributed by atoms with Crippen molar-refractivity contribution in [2.75, 3.05) is 0 Å². The van der Waals surface area contributed by atoms with Crippen LogP contribution in [0, 0.1) is 23.4 Å². The van der Waals surface area contributed by atoms with Crippen molar-refractivity contribution >= 4 is 12.4 Å². The van der Waals surface area contributed by atoms with Crippen LogP contribution in [0.1, 0.15) is 24.4 Å². The van der Waals surface area contributed by atoms with E-state index in [1.165, 1.54) is 0 Å². The zero-order valence-electron chi connectivity index (χ0n) is 7.84. The number of nitrogens with two attached hydrogens (primary N) is 1. The maximum Gasteiger partial charge on any atom is 0.133 e. The lowest BCUT2D eigenvalue weighted by molar-refractivity contribution is 0.486. The van der Waals surface area contributed by atoms with Gasteiger partial charge in [-0.25, -0.2) is 13.2 Å². The van der Waals surface area contributed by atoms with Gasteiger partial charge in [0, 0.05) is 23.7 Å². The molecule has 0 aliphatic heterocycles. The van der Waals surface area contributed by atoms with Gasteiger partial charge < -0.3 is 5.73 Å². The van der Waals surface area contributed by atoms with Crippen molar-refractivity contribution in [2.45, 2.75) is 18.9 Å². The van der Waals surface area contributed by atoms with Crippen LogP contribution in [-0.4, -0.2) is 0 Å². The van der Waals surface area contributed by atoms with Crippen molar-refractivity contribution in [3.05, 3.63) is 35.1 Å². The summed E-state index contributed by atoms with van der Waals surface area (Å²) in [6, 6.07) is 0.692. The van der Waals surface area contributed by atoms with Gasteiger partial charge >= 0.3 is 0 Å². The van der Waals surface area contributed by atoms with Gasteiger partial charge in [-0.2, -0.15) is 0 Å². The Bertz CT molecular complexity index is 343. The predicted molar refractivity (Wildman–Crippen MR) is 53.2 cm³/mol. The van der Waals surface area contributed by atoms with Gasteiger partial charge in [-0.05, 0) is 18.8 Å². The van der Waals surface area contributed by atoms with E-state index in [0.717, 1.165) is 12.8 Å². The van der Waals surface area contributed by atoms with Crippen LogP contribution in [0.5, 0.6) is 0 Å². The second-order valence-electron chi connectivity index (χ2n) is 3.65. The number of hydrogen-bond acceptors (Lipinski definition) is 1. The summed E-state index contributed by atoms with van der Waals surface area (Å²) >= 11 is 0. The van der Waals surface area contributed by atoms with Crippen molar-refractivity contribution in [2.24, 2.45) is 11.7 Å². The highest BCUT2D eigenvalue weighted by molar-refractivity contribution is 5.85. The number of halogens is 4. The van der Waals surface area contributed by atoms with Crippen molar-refractivity contribution < 1.29 is 13.2 Å². The Hall–Kier alpha value is -0.740. The van der Waals surface area contributed by atoms with E-state index in [9.17, 15) is 13.2 Å². The van der Waals surface area contributed by atoms with E-state index < -0.39 is 23.5 Å². The van der Waals surface area contributed by atoms with Crippen molar-refractivity contribution in [3.8, 4) is 0 Å². The summed E-state index contributed by atoms with van der Waals surface area (Å²) in [5.41, 5.74) is 5.46. The van der Waals surface area contributed by atoms with Gasteiger partial charge in [0.2, 0.25) is 0 Å². The predicted octanol–water partition coefficient (Wildman–Crippen LogP) is 2.94. The summed E-state index contributed by atoms with van der Waals surface area (Å²) in [6.07, 6.45) is 1.77. The fraction of sp³-hybridized carbons (Fsp3) is 0.400. The summed E-state index contributed by atoms with van der Waals surface area (Å²) in [5.74, 6) is -2.54. The SMILES string of the molecule is Cl.N[C@@H](c1c(F)cc(F)cc1F)C1CC1. The minimum absolute atomic E-state index is 0. The highest BCUT2D eigenvalue weighted by atomic mass is 35.5. The molecule has 0 unspecified atom stereocenters. The van der Waals surface area contributed by atoms with Crippen LogP contribution in [0.15, 0.2) is 12.1 Å². The maximum atomic E-state index is 13.2. The molecule has 0 aromatic heterocycles. The molecule has 1 aromatic rings. The topological polar surface area (TPSA) is 26.0 Å². The highest BCUT2D eigenvalue weighted by Gasteiger charge is 2.33. The molecule has 2 N–H and O–H groups in total. The third-order valence-corrected chi connectivity index (χ3v) is 2.51. The molecule has 0 bridgehead atoms. The zero-order chi connectivity index (χ0) is 10.3. The highest BCUT2D eigenvalue weighted by Crippen LogP contribution is 2.40. The first-order chi connectivity index (χ1) is 6.59. The van der Waals surface area contributed by atoms with Gasteiger partial charge in [0.1, 0.15) is 17.5 Å². The smallest absolute Gasteiger partial charge is 0.133 e. The molecule has 1 aliphatic carbocycles. The molecule has 2 rings (SSSR count). The Kier molecular flexibility index (Phi) is 3.62. The molecular weight excluding hydrogens is 227 g/mol. The first kappa shape index (κ1) is 12.3. The molecule has 1 atom stereocenters. The van der Waals surface area contributed by atoms with Crippen LogP contribution in [-0.2, 0) is 0 Å². The second kappa shape index (κ2) is 4.41. The molecule has 1 fully saturated rings. The average Bonchev–Trinajstić information content (AvgIpc) is 2.83. The van der Waals surface area contributed by atoms with E-state index in [2.05, 4.69) is 0 Å². The third-order valence-electron chi connectivity index (χ3n) is 2.51. The lowest BCUT2D eigenvalue weighted by Gasteiger charge is -2.12. The summed E-state index contributed by atoms with van der Waals surface area (Å²) in [7, 11) is 0. The molecule has 84 valence electrons. The van der Waals surface area contributed by atoms with Gasteiger partial charge in [0.25, 0.3) is 0 Å². The van der Waals surface area contributed by atoms with E-state index >= 15 is 0 Å². The molecular formula is C10H11ClF3N. The van der Waals surface area contributed by atoms with E-state index in [0.29, 0.717) is 12.1 Å². The molecule has 0 saturated heterocycles. The van der Waals surface area contributed by atoms with Crippen LogP contribution in [0.4, 0.5) is 13.2 Å². The standard InChI is InChI=1S/C10H10F3N.ClH/c11-6-3-7(12)9(8(13)4-6)10(14)5-1-2-5;/h3-5,10H,1-2,14H2;1H/t10-;/m1./s1. The molecule has 5 heteroatoms. The Labute approximate surface area is 91.9 Å². The summed E-state index contributed by atoms with van der Waals surface area (Å²) in [6.45, 7) is 0. The minimum Gasteiger partial charge on any atom is -0.324 e. The largest absolute Gasteiger partial charge is 0.324 e. The maximum absolute atomic E-state index is 13.2. The summed E-state index contributed by atoms with van der Waals surface area (Å²) in [5, 5.41) is 0. The van der Waals surface area contributed by atoms with Crippen LogP contribution >= 0.6 is 12.4 Å². The molecule has 0 heterocycles. The minimum atomic E-state index is -0.910. The summed E-state index contributed by atoms with van der Waals surface area (Å²) in [4.78, 5) is 0. The van der Waals surface area contributed by atoms with Crippen LogP contribution in [0.3, 0.4) is 0 Å². The summed E-state index contributed by atoms with van der Waals surface area (Å²) < 4.78 is 38.9. The van der Waals surface area contributed by atoms with E-state index in [-0.39, 0.29) is 23.9 Å². The second-order valence-corrected chi connectivity index (χ2v) is 3.65. The monoisotopic (exact) mass is 237 g/mol. The van der Waals surface area contributed by atoms with Crippen molar-refractivity contribution in [1.82, 2.24) is 0 Å². The van der Waals surface area contributed by atoms with Gasteiger partial charge in [0.15, 0.2) is 0 Å². The Morgan fingerprint density at radius 1 is 1.13 bits per heavy atom. The van der Waals surface area contributed by atoms with Gasteiger partial charge in [-0.3, -0.25) is 0 Å². The molecule has 1 aliphatic rings. The number of hydrogen-bond donors (Lipinski definition) is 1. The first-order valence-corrected chi connectivity index (χ1v) is 4.49. The van der Waals surface area contributed by atoms with Gasteiger partial charge in [-0.15, -0.1) is 12.4 Å². The number of rotatable bonds is 2. The molecule has 1 nitrogen and oxygen atoms in total. The van der Waals surface area contributed by atoms with E-state index in [4.69, 9.17) is 5.73 Å². The zero-order valence-corrected chi connectivity index (χ0v) is 8.66. The quantitative estimate of drug-likeness (QED) is 0.841. The lowest BCUT2D eigenvalue weighted by Crippen LogP contribution is -2.16. The average molecular weight is 238 g/mol. The van der Waals surface area contributed by atoms with Crippen LogP contribution in [0.25, 0.3) is 0 Å². The van der Waals surface area contributed by atoms with Crippen LogP contribution < -0.4 is 5.73 Å². The fourth-order valence-electron chi connectivity index (χ4n) is 1.56. The van der Waals surface area contributed by atoms with Crippen molar-refractivity contribution in [1.29, 1.82) is 0 Å². The Morgan fingerprint density at radius 2 is 1.60 bits per heavy atom. The Balaban J connectivity index is 0.00000112. The third kappa shape index (κ3) is 2.44. The molecule has 0 amide bonds. The van der Waals surface area contributed by atoms with Crippen molar-refractivity contribution in [3.63, 3.8) is 0 Å². The molecule has 0 radical (unpaired) electrons. The fourth-order valence-corrected chi connectivity index (χ4v) is 1.56. The molecule has 1 aromatic carbocycles. The van der Waals surface area contributed by atoms with Crippen LogP contribution in [0.2, 0.25) is 0 Å². The van der Waals surface area contributed by atoms with Gasteiger partial charge in [-0.1, -0.05) is 0 Å². The van der Waals surface area contributed by atoms with E-state index in [1.807, 2.05) is 0 Å². The Morgan fingerprint density at radius 3 is 2.00 bits per heavy atom.